The molecule has 0 aromatic carbocycles. The van der Waals surface area contributed by atoms with Crippen molar-refractivity contribution >= 4 is 11.9 Å². The number of ether oxygens (including phenoxy) is 1. The smallest absolute Gasteiger partial charge is 0.305 e. The van der Waals surface area contributed by atoms with Crippen LogP contribution in [0.25, 0.3) is 0 Å². The van der Waals surface area contributed by atoms with E-state index in [2.05, 4.69) is 67.8 Å². The number of amides is 1. The van der Waals surface area contributed by atoms with Crippen LogP contribution in [0.2, 0.25) is 0 Å². The Morgan fingerprint density at radius 1 is 0.301 bits per heavy atom. The number of rotatable bonds is 79. The Morgan fingerprint density at radius 3 is 0.828 bits per heavy atom. The summed E-state index contributed by atoms with van der Waals surface area (Å²) in [6.07, 6.45) is 111. The summed E-state index contributed by atoms with van der Waals surface area (Å²) < 4.78 is 5.51. The molecule has 0 aliphatic rings. The highest BCUT2D eigenvalue weighted by molar-refractivity contribution is 5.76. The van der Waals surface area contributed by atoms with E-state index in [4.69, 9.17) is 4.74 Å². The first-order chi connectivity index (χ1) is 46.0. The van der Waals surface area contributed by atoms with Crippen LogP contribution in [0, 0.1) is 0 Å². The number of hydrogen-bond acceptors (Lipinski definition) is 5. The zero-order valence-corrected chi connectivity index (χ0v) is 62.8. The first-order valence-electron chi connectivity index (χ1n) is 42.1. The number of nitrogens with one attached hydrogen (secondary N) is 1. The number of aliphatic hydroxyl groups is 2. The summed E-state index contributed by atoms with van der Waals surface area (Å²) in [5.74, 6) is -0.0495. The normalized spacial score (nSPS) is 12.8. The molecule has 0 aromatic rings. The predicted molar refractivity (Wildman–Crippen MR) is 412 cm³/mol. The van der Waals surface area contributed by atoms with Crippen molar-refractivity contribution in [3.8, 4) is 0 Å². The van der Waals surface area contributed by atoms with Crippen LogP contribution in [0.1, 0.15) is 457 Å². The molecule has 546 valence electrons. The second kappa shape index (κ2) is 82.0. The number of hydrogen-bond donors (Lipinski definition) is 3. The number of allylic oxidation sites excluding steroid dienone is 9. The van der Waals surface area contributed by atoms with Crippen LogP contribution in [0.5, 0.6) is 0 Å². The lowest BCUT2D eigenvalue weighted by molar-refractivity contribution is -0.143. The molecule has 0 saturated heterocycles. The molecule has 3 N–H and O–H groups in total. The van der Waals surface area contributed by atoms with E-state index >= 15 is 0 Å². The van der Waals surface area contributed by atoms with Gasteiger partial charge in [0.15, 0.2) is 0 Å². The molecule has 0 aliphatic heterocycles. The quantitative estimate of drug-likeness (QED) is 0.0320. The highest BCUT2D eigenvalue weighted by Gasteiger charge is 2.18. The first kappa shape index (κ1) is 90.6. The van der Waals surface area contributed by atoms with Crippen LogP contribution in [0.15, 0.2) is 60.8 Å². The largest absolute Gasteiger partial charge is 0.466 e. The lowest BCUT2D eigenvalue weighted by Gasteiger charge is -2.20. The van der Waals surface area contributed by atoms with Crippen LogP contribution >= 0.6 is 0 Å². The molecular weight excluding hydrogens is 1140 g/mol. The molecule has 1 amide bonds. The van der Waals surface area contributed by atoms with E-state index in [1.165, 1.54) is 372 Å². The molecule has 6 nitrogen and oxygen atoms in total. The van der Waals surface area contributed by atoms with Gasteiger partial charge in [-0.1, -0.05) is 408 Å². The van der Waals surface area contributed by atoms with Crippen LogP contribution < -0.4 is 5.32 Å². The van der Waals surface area contributed by atoms with E-state index < -0.39 is 12.1 Å². The summed E-state index contributed by atoms with van der Waals surface area (Å²) in [7, 11) is 0. The first-order valence-corrected chi connectivity index (χ1v) is 42.1. The van der Waals surface area contributed by atoms with Crippen molar-refractivity contribution in [3.05, 3.63) is 60.8 Å². The zero-order valence-electron chi connectivity index (χ0n) is 62.8. The molecular formula is C87H163NO5. The predicted octanol–water partition coefficient (Wildman–Crippen LogP) is 28.1. The lowest BCUT2D eigenvalue weighted by Crippen LogP contribution is -2.45. The minimum absolute atomic E-state index is 0.0116. The zero-order chi connectivity index (χ0) is 67.0. The summed E-state index contributed by atoms with van der Waals surface area (Å²) in [4.78, 5) is 24.7. The van der Waals surface area contributed by atoms with Gasteiger partial charge in [-0.25, -0.2) is 0 Å². The fraction of sp³-hybridized carbons (Fsp3) is 0.862. The van der Waals surface area contributed by atoms with E-state index in [1.54, 1.807) is 6.08 Å². The standard InChI is InChI=1S/C87H163NO5/c1-3-5-7-9-11-13-15-17-19-21-23-41-44-47-51-55-59-63-67-71-75-79-85(90)84(83-89)88-86(91)80-76-72-68-64-60-56-52-48-45-42-39-37-35-33-31-29-27-25-24-26-28-30-32-34-36-38-40-43-46-50-54-58-62-66-70-74-78-82-93-87(92)81-77-73-69-65-61-57-53-49-22-20-18-16-14-12-10-8-6-4-2/h14,16,20,22,24,26,30,32,75,79,84-85,89-90H,3-13,15,17-19,21,23,25,27-29,31,33-74,76-78,80-83H2,1-2H3,(H,88,91)/b16-14-,22-20-,26-24-,32-30-,79-75+. The van der Waals surface area contributed by atoms with Gasteiger partial charge in [0.1, 0.15) is 0 Å². The molecule has 0 radical (unpaired) electrons. The summed E-state index contributed by atoms with van der Waals surface area (Å²) in [6.45, 7) is 4.93. The Bertz CT molecular complexity index is 1600. The third-order valence-corrected chi connectivity index (χ3v) is 19.5. The van der Waals surface area contributed by atoms with Gasteiger partial charge < -0.3 is 20.3 Å². The van der Waals surface area contributed by atoms with Gasteiger partial charge in [-0.2, -0.15) is 0 Å². The molecule has 0 heterocycles. The van der Waals surface area contributed by atoms with Gasteiger partial charge in [0.25, 0.3) is 0 Å². The van der Waals surface area contributed by atoms with Crippen molar-refractivity contribution in [2.45, 2.75) is 469 Å². The molecule has 0 fully saturated rings. The third-order valence-electron chi connectivity index (χ3n) is 19.5. The highest BCUT2D eigenvalue weighted by atomic mass is 16.5. The van der Waals surface area contributed by atoms with Gasteiger partial charge in [-0.15, -0.1) is 0 Å². The molecule has 0 aromatic heterocycles. The van der Waals surface area contributed by atoms with E-state index in [0.29, 0.717) is 19.4 Å². The van der Waals surface area contributed by atoms with Gasteiger partial charge >= 0.3 is 5.97 Å². The monoisotopic (exact) mass is 1300 g/mol. The van der Waals surface area contributed by atoms with Crippen molar-refractivity contribution in [2.24, 2.45) is 0 Å². The lowest BCUT2D eigenvalue weighted by atomic mass is 10.0. The van der Waals surface area contributed by atoms with Gasteiger partial charge in [-0.3, -0.25) is 9.59 Å². The summed E-state index contributed by atoms with van der Waals surface area (Å²) in [6, 6.07) is -0.628. The van der Waals surface area contributed by atoms with Crippen LogP contribution in [0.3, 0.4) is 0 Å². The maximum Gasteiger partial charge on any atom is 0.305 e. The highest BCUT2D eigenvalue weighted by Crippen LogP contribution is 2.20. The molecule has 2 unspecified atom stereocenters. The van der Waals surface area contributed by atoms with Crippen LogP contribution in [0.4, 0.5) is 0 Å². The topological polar surface area (TPSA) is 95.9 Å². The third kappa shape index (κ3) is 78.4. The van der Waals surface area contributed by atoms with Gasteiger partial charge in [0.2, 0.25) is 5.91 Å². The molecule has 0 aliphatic carbocycles. The van der Waals surface area contributed by atoms with E-state index in [-0.39, 0.29) is 18.5 Å². The Morgan fingerprint density at radius 2 is 0.538 bits per heavy atom. The molecule has 0 bridgehead atoms. The fourth-order valence-corrected chi connectivity index (χ4v) is 13.1. The Labute approximate surface area is 581 Å². The van der Waals surface area contributed by atoms with E-state index in [9.17, 15) is 19.8 Å². The molecule has 0 rings (SSSR count). The van der Waals surface area contributed by atoms with Crippen LogP contribution in [-0.2, 0) is 14.3 Å². The van der Waals surface area contributed by atoms with Crippen LogP contribution in [-0.4, -0.2) is 47.4 Å². The molecule has 2 atom stereocenters. The molecule has 0 saturated carbocycles. The Hall–Kier alpha value is -2.44. The SMILES string of the molecule is CCCCCC/C=C\C/C=C\CCCCCCCCCC(=O)OCCCCCCCCCCCCCCC/C=C\C/C=C\CCCCCCCCCCCCCCCCCCCC(=O)NC(CO)C(O)/C=C/CCCCCCCCCCCCCCCCCCCCC. The Balaban J connectivity index is 3.38. The fourth-order valence-electron chi connectivity index (χ4n) is 13.1. The maximum absolute atomic E-state index is 12.5. The molecule has 6 heteroatoms. The second-order valence-electron chi connectivity index (χ2n) is 28.8. The van der Waals surface area contributed by atoms with Crippen molar-refractivity contribution in [1.29, 1.82) is 0 Å². The van der Waals surface area contributed by atoms with E-state index in [0.717, 1.165) is 57.8 Å². The van der Waals surface area contributed by atoms with Crippen molar-refractivity contribution in [2.75, 3.05) is 13.2 Å². The van der Waals surface area contributed by atoms with Crippen molar-refractivity contribution in [3.63, 3.8) is 0 Å². The van der Waals surface area contributed by atoms with Crippen molar-refractivity contribution in [1.82, 2.24) is 5.32 Å². The number of carbonyl (C=O) groups is 2. The Kier molecular flexibility index (Phi) is 79.8. The number of carbonyl (C=O) groups excluding carboxylic acids is 2. The number of aliphatic hydroxyl groups excluding tert-OH is 2. The minimum Gasteiger partial charge on any atom is -0.466 e. The van der Waals surface area contributed by atoms with Gasteiger partial charge in [0.05, 0.1) is 25.4 Å². The summed E-state index contributed by atoms with van der Waals surface area (Å²) >= 11 is 0. The second-order valence-corrected chi connectivity index (χ2v) is 28.8. The van der Waals surface area contributed by atoms with E-state index in [1.807, 2.05) is 6.08 Å². The summed E-state index contributed by atoms with van der Waals surface area (Å²) in [5.41, 5.74) is 0. The van der Waals surface area contributed by atoms with Gasteiger partial charge in [0, 0.05) is 12.8 Å². The summed E-state index contributed by atoms with van der Waals surface area (Å²) in [5, 5.41) is 23.3. The maximum atomic E-state index is 12.5. The average Bonchev–Trinajstić information content (AvgIpc) is 3.78. The average molecular weight is 1300 g/mol. The van der Waals surface area contributed by atoms with Crippen molar-refractivity contribution < 1.29 is 24.5 Å². The minimum atomic E-state index is -0.845. The number of unbranched alkanes of at least 4 members (excludes halogenated alkanes) is 60. The molecule has 0 spiro atoms. The molecule has 93 heavy (non-hydrogen) atoms. The number of esters is 1. The van der Waals surface area contributed by atoms with Gasteiger partial charge in [-0.05, 0) is 96.3 Å².